The number of nitrogens with zero attached hydrogens (tertiary/aromatic N) is 1. The lowest BCUT2D eigenvalue weighted by Crippen LogP contribution is -1.94. The zero-order valence-electron chi connectivity index (χ0n) is 9.85. The minimum atomic E-state index is 0.554. The Morgan fingerprint density at radius 3 is 2.31 bits per heavy atom. The SMILES string of the molecule is CC(C)c1ccc(Cc2ccccc2)nc1. The average Bonchev–Trinajstić information content (AvgIpc) is 2.31. The zero-order valence-corrected chi connectivity index (χ0v) is 9.85. The maximum atomic E-state index is 4.50. The Morgan fingerprint density at radius 2 is 1.75 bits per heavy atom. The lowest BCUT2D eigenvalue weighted by molar-refractivity contribution is 0.852. The number of hydrogen-bond donors (Lipinski definition) is 0. The number of pyridine rings is 1. The predicted octanol–water partition coefficient (Wildman–Crippen LogP) is 3.80. The molecule has 0 aliphatic heterocycles. The van der Waals surface area contributed by atoms with Crippen LogP contribution >= 0.6 is 0 Å². The summed E-state index contributed by atoms with van der Waals surface area (Å²) in [5.41, 5.74) is 3.75. The molecular formula is C15H17N. The van der Waals surface area contributed by atoms with E-state index < -0.39 is 0 Å². The van der Waals surface area contributed by atoms with Gasteiger partial charge in [0.05, 0.1) is 0 Å². The van der Waals surface area contributed by atoms with Crippen molar-refractivity contribution in [2.24, 2.45) is 0 Å². The summed E-state index contributed by atoms with van der Waals surface area (Å²) in [6, 6.07) is 14.8. The van der Waals surface area contributed by atoms with Crippen LogP contribution in [0.4, 0.5) is 0 Å². The largest absolute Gasteiger partial charge is 0.261 e. The van der Waals surface area contributed by atoms with Gasteiger partial charge in [-0.15, -0.1) is 0 Å². The fourth-order valence-corrected chi connectivity index (χ4v) is 1.69. The van der Waals surface area contributed by atoms with Crippen molar-refractivity contribution >= 4 is 0 Å². The molecule has 1 heterocycles. The van der Waals surface area contributed by atoms with Crippen LogP contribution in [0.5, 0.6) is 0 Å². The Kier molecular flexibility index (Phi) is 3.35. The summed E-state index contributed by atoms with van der Waals surface area (Å²) in [5.74, 6) is 0.554. The number of rotatable bonds is 3. The second-order valence-electron chi connectivity index (χ2n) is 4.40. The Hall–Kier alpha value is -1.63. The van der Waals surface area contributed by atoms with E-state index >= 15 is 0 Å². The second-order valence-corrected chi connectivity index (χ2v) is 4.40. The molecular weight excluding hydrogens is 194 g/mol. The van der Waals surface area contributed by atoms with Gasteiger partial charge in [0.2, 0.25) is 0 Å². The summed E-state index contributed by atoms with van der Waals surface area (Å²) in [4.78, 5) is 4.50. The molecule has 82 valence electrons. The Bertz CT molecular complexity index is 429. The van der Waals surface area contributed by atoms with E-state index in [0.717, 1.165) is 12.1 Å². The van der Waals surface area contributed by atoms with Gasteiger partial charge in [-0.25, -0.2) is 0 Å². The first-order valence-corrected chi connectivity index (χ1v) is 5.74. The van der Waals surface area contributed by atoms with Gasteiger partial charge in [-0.3, -0.25) is 4.98 Å². The molecule has 0 atom stereocenters. The highest BCUT2D eigenvalue weighted by atomic mass is 14.7. The average molecular weight is 211 g/mol. The van der Waals surface area contributed by atoms with Crippen LogP contribution in [-0.2, 0) is 6.42 Å². The Morgan fingerprint density at radius 1 is 1.00 bits per heavy atom. The molecule has 0 amide bonds. The molecule has 1 aromatic heterocycles. The monoisotopic (exact) mass is 211 g/mol. The Labute approximate surface area is 97.2 Å². The van der Waals surface area contributed by atoms with Gasteiger partial charge in [-0.05, 0) is 23.1 Å². The number of benzene rings is 1. The minimum absolute atomic E-state index is 0.554. The molecule has 0 spiro atoms. The maximum absolute atomic E-state index is 4.50. The molecule has 0 aliphatic carbocycles. The van der Waals surface area contributed by atoms with Crippen molar-refractivity contribution in [3.63, 3.8) is 0 Å². The third kappa shape index (κ3) is 2.69. The minimum Gasteiger partial charge on any atom is -0.261 e. The van der Waals surface area contributed by atoms with Gasteiger partial charge in [0, 0.05) is 18.3 Å². The second kappa shape index (κ2) is 4.93. The smallest absolute Gasteiger partial charge is 0.0447 e. The van der Waals surface area contributed by atoms with E-state index in [1.807, 2.05) is 12.3 Å². The summed E-state index contributed by atoms with van der Waals surface area (Å²) < 4.78 is 0. The third-order valence-corrected chi connectivity index (χ3v) is 2.74. The number of hydrogen-bond acceptors (Lipinski definition) is 1. The van der Waals surface area contributed by atoms with Crippen LogP contribution in [0.3, 0.4) is 0 Å². The highest BCUT2D eigenvalue weighted by Gasteiger charge is 2.00. The maximum Gasteiger partial charge on any atom is 0.0447 e. The summed E-state index contributed by atoms with van der Waals surface area (Å²) in [7, 11) is 0. The first kappa shape index (κ1) is 10.9. The molecule has 0 radical (unpaired) electrons. The van der Waals surface area contributed by atoms with Crippen molar-refractivity contribution < 1.29 is 0 Å². The quantitative estimate of drug-likeness (QED) is 0.752. The topological polar surface area (TPSA) is 12.9 Å². The molecule has 1 heteroatoms. The molecule has 0 saturated carbocycles. The van der Waals surface area contributed by atoms with Crippen molar-refractivity contribution in [3.8, 4) is 0 Å². The molecule has 0 aliphatic rings. The lowest BCUT2D eigenvalue weighted by atomic mass is 10.0. The van der Waals surface area contributed by atoms with Crippen molar-refractivity contribution in [1.82, 2.24) is 4.98 Å². The fourth-order valence-electron chi connectivity index (χ4n) is 1.69. The van der Waals surface area contributed by atoms with Gasteiger partial charge in [0.25, 0.3) is 0 Å². The summed E-state index contributed by atoms with van der Waals surface area (Å²) in [6.07, 6.45) is 2.90. The first-order valence-electron chi connectivity index (χ1n) is 5.74. The first-order chi connectivity index (χ1) is 7.75. The van der Waals surface area contributed by atoms with Crippen molar-refractivity contribution in [3.05, 3.63) is 65.5 Å². The van der Waals surface area contributed by atoms with Crippen LogP contribution in [0.25, 0.3) is 0 Å². The van der Waals surface area contributed by atoms with Crippen LogP contribution in [-0.4, -0.2) is 4.98 Å². The van der Waals surface area contributed by atoms with Gasteiger partial charge in [0.15, 0.2) is 0 Å². The van der Waals surface area contributed by atoms with E-state index in [2.05, 4.69) is 55.2 Å². The van der Waals surface area contributed by atoms with Crippen LogP contribution < -0.4 is 0 Å². The van der Waals surface area contributed by atoms with Gasteiger partial charge in [-0.2, -0.15) is 0 Å². The van der Waals surface area contributed by atoms with E-state index in [-0.39, 0.29) is 0 Å². The van der Waals surface area contributed by atoms with Gasteiger partial charge < -0.3 is 0 Å². The standard InChI is InChI=1S/C15H17N/c1-12(2)14-8-9-15(16-11-14)10-13-6-4-3-5-7-13/h3-9,11-12H,10H2,1-2H3. The van der Waals surface area contributed by atoms with Crippen LogP contribution in [0.1, 0.15) is 36.6 Å². The fraction of sp³-hybridized carbons (Fsp3) is 0.267. The summed E-state index contributed by atoms with van der Waals surface area (Å²) in [5, 5.41) is 0. The van der Waals surface area contributed by atoms with Crippen LogP contribution in [0, 0.1) is 0 Å². The highest BCUT2D eigenvalue weighted by Crippen LogP contribution is 2.14. The van der Waals surface area contributed by atoms with Gasteiger partial charge >= 0.3 is 0 Å². The van der Waals surface area contributed by atoms with Gasteiger partial charge in [-0.1, -0.05) is 50.2 Å². The van der Waals surface area contributed by atoms with Crippen LogP contribution in [0.15, 0.2) is 48.7 Å². The molecule has 0 bridgehead atoms. The lowest BCUT2D eigenvalue weighted by Gasteiger charge is -2.06. The molecule has 0 saturated heterocycles. The van der Waals surface area contributed by atoms with Crippen molar-refractivity contribution in [1.29, 1.82) is 0 Å². The van der Waals surface area contributed by atoms with E-state index in [1.54, 1.807) is 0 Å². The number of aromatic nitrogens is 1. The third-order valence-electron chi connectivity index (χ3n) is 2.74. The van der Waals surface area contributed by atoms with E-state index in [1.165, 1.54) is 11.1 Å². The molecule has 1 aromatic carbocycles. The zero-order chi connectivity index (χ0) is 11.4. The summed E-state index contributed by atoms with van der Waals surface area (Å²) in [6.45, 7) is 4.38. The summed E-state index contributed by atoms with van der Waals surface area (Å²) >= 11 is 0. The van der Waals surface area contributed by atoms with E-state index in [0.29, 0.717) is 5.92 Å². The molecule has 0 unspecified atom stereocenters. The molecule has 2 aromatic rings. The van der Waals surface area contributed by atoms with E-state index in [9.17, 15) is 0 Å². The normalized spacial score (nSPS) is 10.7. The predicted molar refractivity (Wildman–Crippen MR) is 67.6 cm³/mol. The molecule has 0 N–H and O–H groups in total. The van der Waals surface area contributed by atoms with Gasteiger partial charge in [0.1, 0.15) is 0 Å². The van der Waals surface area contributed by atoms with E-state index in [4.69, 9.17) is 0 Å². The van der Waals surface area contributed by atoms with Crippen LogP contribution in [0.2, 0.25) is 0 Å². The highest BCUT2D eigenvalue weighted by molar-refractivity contribution is 5.24. The van der Waals surface area contributed by atoms with Crippen molar-refractivity contribution in [2.45, 2.75) is 26.2 Å². The molecule has 16 heavy (non-hydrogen) atoms. The molecule has 1 nitrogen and oxygen atoms in total. The molecule has 2 rings (SSSR count). The van der Waals surface area contributed by atoms with Crippen molar-refractivity contribution in [2.75, 3.05) is 0 Å². The molecule has 0 fully saturated rings. The Balaban J connectivity index is 2.11.